The Labute approximate surface area is 150 Å². The number of nitriles is 1. The molecule has 6 heteroatoms. The van der Waals surface area contributed by atoms with Gasteiger partial charge in [-0.05, 0) is 29.8 Å². The van der Waals surface area contributed by atoms with Gasteiger partial charge >= 0.3 is 5.97 Å². The van der Waals surface area contributed by atoms with Crippen molar-refractivity contribution in [2.75, 3.05) is 0 Å². The lowest BCUT2D eigenvalue weighted by Crippen LogP contribution is -2.17. The number of hydrogen-bond donors (Lipinski definition) is 0. The van der Waals surface area contributed by atoms with Crippen LogP contribution in [0.25, 0.3) is 11.0 Å². The van der Waals surface area contributed by atoms with Crippen LogP contribution in [0.3, 0.4) is 0 Å². The monoisotopic (exact) mass is 347 g/mol. The van der Waals surface area contributed by atoms with Crippen LogP contribution in [0, 0.1) is 11.3 Å². The topological polar surface area (TPSA) is 85.0 Å². The molecule has 0 spiro atoms. The van der Waals surface area contributed by atoms with Gasteiger partial charge in [0, 0.05) is 20.4 Å². The predicted molar refractivity (Wildman–Crippen MR) is 95.5 cm³/mol. The molecule has 26 heavy (non-hydrogen) atoms. The Morgan fingerprint density at radius 1 is 1.19 bits per heavy atom. The first-order valence-electron chi connectivity index (χ1n) is 8.10. The molecule has 0 N–H and O–H groups in total. The minimum Gasteiger partial charge on any atom is -0.427 e. The molecule has 0 aliphatic rings. The second-order valence-corrected chi connectivity index (χ2v) is 5.96. The van der Waals surface area contributed by atoms with Gasteiger partial charge in [-0.2, -0.15) is 5.26 Å². The first-order chi connectivity index (χ1) is 12.5. The predicted octanol–water partition coefficient (Wildman–Crippen LogP) is 2.92. The van der Waals surface area contributed by atoms with E-state index in [0.29, 0.717) is 11.6 Å². The smallest absolute Gasteiger partial charge is 0.308 e. The number of benzene rings is 2. The number of carbonyl (C=O) groups is 2. The van der Waals surface area contributed by atoms with Crippen LogP contribution in [0.5, 0.6) is 5.75 Å². The summed E-state index contributed by atoms with van der Waals surface area (Å²) in [5, 5.41) is 9.54. The van der Waals surface area contributed by atoms with Crippen molar-refractivity contribution in [2.24, 2.45) is 7.05 Å². The summed E-state index contributed by atoms with van der Waals surface area (Å²) in [4.78, 5) is 28.1. The molecule has 0 saturated heterocycles. The summed E-state index contributed by atoms with van der Waals surface area (Å²) < 4.78 is 6.75. The Morgan fingerprint density at radius 3 is 2.50 bits per heavy atom. The molecular weight excluding hydrogens is 330 g/mol. The number of esters is 1. The van der Waals surface area contributed by atoms with Crippen LogP contribution in [0.15, 0.2) is 48.5 Å². The highest BCUT2D eigenvalue weighted by atomic mass is 16.5. The van der Waals surface area contributed by atoms with E-state index >= 15 is 0 Å². The quantitative estimate of drug-likeness (QED) is 0.523. The van der Waals surface area contributed by atoms with Crippen molar-refractivity contribution in [1.29, 1.82) is 5.26 Å². The number of Topliss-reactive ketones (excluding diaryl/α,β-unsaturated/α-hetero) is 1. The van der Waals surface area contributed by atoms with Crippen molar-refractivity contribution in [3.8, 4) is 11.8 Å². The van der Waals surface area contributed by atoms with Crippen LogP contribution in [0.1, 0.15) is 24.2 Å². The maximum absolute atomic E-state index is 12.7. The molecule has 6 nitrogen and oxygen atoms in total. The van der Waals surface area contributed by atoms with Gasteiger partial charge in [0.25, 0.3) is 0 Å². The number of para-hydroxylation sites is 2. The third kappa shape index (κ3) is 3.47. The summed E-state index contributed by atoms with van der Waals surface area (Å²) >= 11 is 0. The number of rotatable bonds is 5. The summed E-state index contributed by atoms with van der Waals surface area (Å²) in [6.45, 7) is 1.33. The number of ether oxygens (including phenoxy) is 1. The van der Waals surface area contributed by atoms with Crippen molar-refractivity contribution in [3.63, 3.8) is 0 Å². The molecule has 130 valence electrons. The largest absolute Gasteiger partial charge is 0.427 e. The van der Waals surface area contributed by atoms with E-state index in [-0.39, 0.29) is 12.2 Å². The van der Waals surface area contributed by atoms with E-state index in [1.165, 1.54) is 6.92 Å². The highest BCUT2D eigenvalue weighted by Gasteiger charge is 2.25. The van der Waals surface area contributed by atoms with Crippen LogP contribution in [-0.4, -0.2) is 21.3 Å². The third-order valence-electron chi connectivity index (χ3n) is 4.09. The summed E-state index contributed by atoms with van der Waals surface area (Å²) in [7, 11) is 1.80. The zero-order valence-corrected chi connectivity index (χ0v) is 14.5. The van der Waals surface area contributed by atoms with Crippen molar-refractivity contribution in [3.05, 3.63) is 59.9 Å². The number of nitrogens with zero attached hydrogens (tertiary/aromatic N) is 3. The van der Waals surface area contributed by atoms with Gasteiger partial charge in [-0.25, -0.2) is 4.98 Å². The Balaban J connectivity index is 1.82. The van der Waals surface area contributed by atoms with E-state index in [1.807, 2.05) is 24.3 Å². The minimum atomic E-state index is -0.944. The van der Waals surface area contributed by atoms with Gasteiger partial charge in [-0.1, -0.05) is 24.3 Å². The molecule has 0 amide bonds. The van der Waals surface area contributed by atoms with Gasteiger partial charge in [0.1, 0.15) is 11.6 Å². The molecule has 1 atom stereocenters. The summed E-state index contributed by atoms with van der Waals surface area (Å²) in [6.07, 6.45) is 0.0990. The standard InChI is InChI=1S/C20H17N3O3/c1-13(24)26-15-9-7-14(8-10-15)11-19(25)16(12-21)20-22-17-5-3-4-6-18(17)23(20)2/h3-10,16H,11H2,1-2H3/t16-/m1/s1. The molecule has 2 aromatic carbocycles. The van der Waals surface area contributed by atoms with Gasteiger partial charge in [0.05, 0.1) is 17.1 Å². The molecule has 3 aromatic rings. The third-order valence-corrected chi connectivity index (χ3v) is 4.09. The molecule has 0 bridgehead atoms. The molecule has 1 aromatic heterocycles. The van der Waals surface area contributed by atoms with Gasteiger partial charge in [0.15, 0.2) is 11.7 Å². The summed E-state index contributed by atoms with van der Waals surface area (Å²) in [5.41, 5.74) is 2.37. The van der Waals surface area contributed by atoms with Crippen LogP contribution in [-0.2, 0) is 23.1 Å². The molecule has 3 rings (SSSR count). The molecule has 0 saturated carbocycles. The zero-order chi connectivity index (χ0) is 18.7. The van der Waals surface area contributed by atoms with Gasteiger partial charge in [-0.3, -0.25) is 9.59 Å². The Kier molecular flexibility index (Phi) is 4.81. The molecule has 0 fully saturated rings. The highest BCUT2D eigenvalue weighted by molar-refractivity contribution is 5.90. The Morgan fingerprint density at radius 2 is 1.88 bits per heavy atom. The summed E-state index contributed by atoms with van der Waals surface area (Å²) in [5.74, 6) is -0.719. The molecule has 1 heterocycles. The number of carbonyl (C=O) groups excluding carboxylic acids is 2. The number of aryl methyl sites for hydroxylation is 1. The second kappa shape index (κ2) is 7.19. The number of imidazole rings is 1. The fourth-order valence-electron chi connectivity index (χ4n) is 2.84. The van der Waals surface area contributed by atoms with E-state index in [1.54, 1.807) is 35.9 Å². The first-order valence-corrected chi connectivity index (χ1v) is 8.10. The fraction of sp³-hybridized carbons (Fsp3) is 0.200. The van der Waals surface area contributed by atoms with Crippen molar-refractivity contribution < 1.29 is 14.3 Å². The number of fused-ring (bicyclic) bond motifs is 1. The molecular formula is C20H17N3O3. The van der Waals surface area contributed by atoms with E-state index in [2.05, 4.69) is 11.1 Å². The number of hydrogen-bond acceptors (Lipinski definition) is 5. The van der Waals surface area contributed by atoms with E-state index in [0.717, 1.165) is 16.6 Å². The average molecular weight is 347 g/mol. The van der Waals surface area contributed by atoms with Crippen molar-refractivity contribution in [1.82, 2.24) is 9.55 Å². The fourth-order valence-corrected chi connectivity index (χ4v) is 2.84. The minimum absolute atomic E-state index is 0.0990. The van der Waals surface area contributed by atoms with Gasteiger partial charge < -0.3 is 9.30 Å². The zero-order valence-electron chi connectivity index (χ0n) is 14.5. The lowest BCUT2D eigenvalue weighted by Gasteiger charge is -2.09. The van der Waals surface area contributed by atoms with Gasteiger partial charge in [-0.15, -0.1) is 0 Å². The maximum Gasteiger partial charge on any atom is 0.308 e. The maximum atomic E-state index is 12.7. The first kappa shape index (κ1) is 17.4. The van der Waals surface area contributed by atoms with Gasteiger partial charge in [0.2, 0.25) is 0 Å². The Bertz CT molecular complexity index is 1010. The number of aromatic nitrogens is 2. The van der Waals surface area contributed by atoms with E-state index in [9.17, 15) is 14.9 Å². The van der Waals surface area contributed by atoms with Crippen LogP contribution in [0.4, 0.5) is 0 Å². The highest BCUT2D eigenvalue weighted by Crippen LogP contribution is 2.23. The van der Waals surface area contributed by atoms with E-state index < -0.39 is 11.9 Å². The number of ketones is 1. The van der Waals surface area contributed by atoms with Crippen LogP contribution < -0.4 is 4.74 Å². The molecule has 0 aliphatic carbocycles. The average Bonchev–Trinajstić information content (AvgIpc) is 2.94. The van der Waals surface area contributed by atoms with Crippen LogP contribution >= 0.6 is 0 Å². The van der Waals surface area contributed by atoms with Crippen molar-refractivity contribution in [2.45, 2.75) is 19.3 Å². The Hall–Kier alpha value is -3.46. The normalized spacial score (nSPS) is 11.7. The van der Waals surface area contributed by atoms with Crippen LogP contribution in [0.2, 0.25) is 0 Å². The second-order valence-electron chi connectivity index (χ2n) is 5.96. The summed E-state index contributed by atoms with van der Waals surface area (Å²) in [6, 6.07) is 16.3. The lowest BCUT2D eigenvalue weighted by molar-refractivity contribution is -0.131. The SMILES string of the molecule is CC(=O)Oc1ccc(CC(=O)[C@@H](C#N)c2nc3ccccc3n2C)cc1. The molecule has 0 radical (unpaired) electrons. The van der Waals surface area contributed by atoms with Crippen molar-refractivity contribution >= 4 is 22.8 Å². The molecule has 0 unspecified atom stereocenters. The molecule has 0 aliphatic heterocycles. The van der Waals surface area contributed by atoms with E-state index in [4.69, 9.17) is 4.74 Å². The lowest BCUT2D eigenvalue weighted by atomic mass is 9.98.